The number of anilines is 2. The van der Waals surface area contributed by atoms with Gasteiger partial charge in [0.05, 0.1) is 34.1 Å². The molecule has 136 valence electrons. The second-order valence-corrected chi connectivity index (χ2v) is 6.08. The van der Waals surface area contributed by atoms with Gasteiger partial charge in [0.25, 0.3) is 0 Å². The topological polar surface area (TPSA) is 75.7 Å². The van der Waals surface area contributed by atoms with Crippen LogP contribution in [0.1, 0.15) is 17.3 Å². The molecule has 2 rings (SSSR count). The summed E-state index contributed by atoms with van der Waals surface area (Å²) in [7, 11) is 1.25. The lowest BCUT2D eigenvalue weighted by Gasteiger charge is -2.23. The van der Waals surface area contributed by atoms with Crippen molar-refractivity contribution in [1.29, 1.82) is 0 Å². The highest BCUT2D eigenvalue weighted by atomic mass is 35.5. The smallest absolute Gasteiger partial charge is 0.339 e. The number of nitrogens with zero attached hydrogens (tertiary/aromatic N) is 1. The summed E-state index contributed by atoms with van der Waals surface area (Å²) in [4.78, 5) is 37.4. The van der Waals surface area contributed by atoms with Crippen LogP contribution in [0.3, 0.4) is 0 Å². The number of hydrogen-bond acceptors (Lipinski definition) is 4. The van der Waals surface area contributed by atoms with E-state index in [1.54, 1.807) is 36.4 Å². The van der Waals surface area contributed by atoms with E-state index in [1.807, 2.05) is 0 Å². The molecule has 0 radical (unpaired) electrons. The van der Waals surface area contributed by atoms with Crippen LogP contribution >= 0.6 is 23.2 Å². The third kappa shape index (κ3) is 4.53. The Balaban J connectivity index is 2.25. The maximum atomic E-state index is 12.4. The highest BCUT2D eigenvalue weighted by Gasteiger charge is 2.22. The average molecular weight is 395 g/mol. The summed E-state index contributed by atoms with van der Waals surface area (Å²) < 4.78 is 4.69. The largest absolute Gasteiger partial charge is 0.465 e. The molecule has 8 heteroatoms. The molecule has 0 aliphatic carbocycles. The Bertz CT molecular complexity index is 835. The zero-order valence-electron chi connectivity index (χ0n) is 14.1. The number of rotatable bonds is 5. The second-order valence-electron chi connectivity index (χ2n) is 5.26. The number of carbonyl (C=O) groups is 3. The van der Waals surface area contributed by atoms with Crippen molar-refractivity contribution < 1.29 is 19.1 Å². The van der Waals surface area contributed by atoms with Crippen molar-refractivity contribution in [2.45, 2.75) is 6.92 Å². The van der Waals surface area contributed by atoms with E-state index >= 15 is 0 Å². The maximum Gasteiger partial charge on any atom is 0.339 e. The summed E-state index contributed by atoms with van der Waals surface area (Å²) in [5, 5.41) is 3.09. The Kier molecular flexibility index (Phi) is 6.60. The van der Waals surface area contributed by atoms with E-state index in [0.29, 0.717) is 0 Å². The van der Waals surface area contributed by atoms with Crippen molar-refractivity contribution in [1.82, 2.24) is 0 Å². The lowest BCUT2D eigenvalue weighted by molar-refractivity contribution is -0.120. The lowest BCUT2D eigenvalue weighted by atomic mass is 10.2. The third-order valence-corrected chi connectivity index (χ3v) is 4.11. The minimum Gasteiger partial charge on any atom is -0.465 e. The molecule has 0 aromatic heterocycles. The molecule has 6 nitrogen and oxygen atoms in total. The van der Waals surface area contributed by atoms with Gasteiger partial charge in [-0.05, 0) is 24.3 Å². The van der Waals surface area contributed by atoms with Gasteiger partial charge in [-0.15, -0.1) is 0 Å². The molecule has 0 fully saturated rings. The van der Waals surface area contributed by atoms with Gasteiger partial charge in [-0.1, -0.05) is 41.4 Å². The molecule has 0 bridgehead atoms. The van der Waals surface area contributed by atoms with Crippen LogP contribution in [-0.2, 0) is 14.3 Å². The highest BCUT2D eigenvalue weighted by molar-refractivity contribution is 6.40. The Morgan fingerprint density at radius 3 is 2.23 bits per heavy atom. The van der Waals surface area contributed by atoms with Crippen LogP contribution in [0.15, 0.2) is 42.5 Å². The summed E-state index contributed by atoms with van der Waals surface area (Å²) in [6.45, 7) is 0.976. The molecular formula is C18H16Cl2N2O4. The van der Waals surface area contributed by atoms with Crippen LogP contribution < -0.4 is 10.2 Å². The summed E-state index contributed by atoms with van der Waals surface area (Å²) >= 11 is 12.3. The fourth-order valence-corrected chi connectivity index (χ4v) is 2.91. The van der Waals surface area contributed by atoms with Gasteiger partial charge in [0.2, 0.25) is 11.8 Å². The molecule has 0 heterocycles. The van der Waals surface area contributed by atoms with Crippen molar-refractivity contribution >= 4 is 52.4 Å². The second kappa shape index (κ2) is 8.69. The van der Waals surface area contributed by atoms with Gasteiger partial charge >= 0.3 is 5.97 Å². The zero-order chi connectivity index (χ0) is 19.3. The minimum absolute atomic E-state index is 0.202. The van der Waals surface area contributed by atoms with Gasteiger partial charge in [-0.25, -0.2) is 4.79 Å². The number of carbonyl (C=O) groups excluding carboxylic acids is 3. The fraction of sp³-hybridized carbons (Fsp3) is 0.167. The van der Waals surface area contributed by atoms with Crippen molar-refractivity contribution in [3.8, 4) is 0 Å². The number of esters is 1. The molecule has 2 aromatic carbocycles. The quantitative estimate of drug-likeness (QED) is 0.782. The Morgan fingerprint density at radius 2 is 1.65 bits per heavy atom. The monoisotopic (exact) mass is 394 g/mol. The van der Waals surface area contributed by atoms with Crippen molar-refractivity contribution in [2.24, 2.45) is 0 Å². The first-order chi connectivity index (χ1) is 12.3. The number of benzene rings is 2. The predicted molar refractivity (Wildman–Crippen MR) is 101 cm³/mol. The first-order valence-electron chi connectivity index (χ1n) is 7.54. The molecule has 0 spiro atoms. The van der Waals surface area contributed by atoms with E-state index in [-0.39, 0.29) is 33.5 Å². The van der Waals surface area contributed by atoms with E-state index in [0.717, 1.165) is 0 Å². The minimum atomic E-state index is -0.585. The number of halogens is 2. The van der Waals surface area contributed by atoms with Crippen LogP contribution in [0.2, 0.25) is 10.0 Å². The molecule has 0 unspecified atom stereocenters. The molecule has 1 N–H and O–H groups in total. The summed E-state index contributed by atoms with van der Waals surface area (Å²) in [5.41, 5.74) is 0.728. The zero-order valence-corrected chi connectivity index (χ0v) is 15.6. The van der Waals surface area contributed by atoms with Gasteiger partial charge in [0.15, 0.2) is 0 Å². The highest BCUT2D eigenvalue weighted by Crippen LogP contribution is 2.33. The lowest BCUT2D eigenvalue weighted by Crippen LogP contribution is -2.37. The Morgan fingerprint density at radius 1 is 1.04 bits per heavy atom. The molecule has 2 aromatic rings. The first-order valence-corrected chi connectivity index (χ1v) is 8.30. The summed E-state index contributed by atoms with van der Waals surface area (Å²) in [5.74, 6) is -1.51. The van der Waals surface area contributed by atoms with Crippen molar-refractivity contribution in [3.63, 3.8) is 0 Å². The van der Waals surface area contributed by atoms with Crippen LogP contribution in [0, 0.1) is 0 Å². The van der Waals surface area contributed by atoms with Gasteiger partial charge in [0, 0.05) is 6.92 Å². The predicted octanol–water partition coefficient (Wildman–Crippen LogP) is 3.77. The molecule has 0 aliphatic heterocycles. The van der Waals surface area contributed by atoms with Crippen LogP contribution in [0.4, 0.5) is 11.4 Å². The van der Waals surface area contributed by atoms with Gasteiger partial charge in [-0.3, -0.25) is 9.59 Å². The van der Waals surface area contributed by atoms with Crippen molar-refractivity contribution in [3.05, 3.63) is 58.1 Å². The SMILES string of the molecule is COC(=O)c1ccccc1NC(=O)CN(C(C)=O)c1c(Cl)cccc1Cl. The Labute approximate surface area is 160 Å². The molecule has 0 atom stereocenters. The molecular weight excluding hydrogens is 379 g/mol. The number of para-hydroxylation sites is 2. The number of hydrogen-bond donors (Lipinski definition) is 1. The van der Waals surface area contributed by atoms with E-state index in [2.05, 4.69) is 10.1 Å². The molecule has 0 saturated heterocycles. The molecule has 2 amide bonds. The number of nitrogens with one attached hydrogen (secondary N) is 1. The van der Waals surface area contributed by atoms with Crippen LogP contribution in [0.25, 0.3) is 0 Å². The van der Waals surface area contributed by atoms with Crippen molar-refractivity contribution in [2.75, 3.05) is 23.9 Å². The van der Waals surface area contributed by atoms with Crippen LogP contribution in [-0.4, -0.2) is 31.4 Å². The maximum absolute atomic E-state index is 12.4. The summed E-state index contributed by atoms with van der Waals surface area (Å²) in [6, 6.07) is 11.2. The molecule has 26 heavy (non-hydrogen) atoms. The number of amides is 2. The number of ether oxygens (including phenoxy) is 1. The molecule has 0 saturated carbocycles. The van der Waals surface area contributed by atoms with Crippen LogP contribution in [0.5, 0.6) is 0 Å². The van der Waals surface area contributed by atoms with E-state index in [9.17, 15) is 14.4 Å². The van der Waals surface area contributed by atoms with E-state index < -0.39 is 17.8 Å². The van der Waals surface area contributed by atoms with E-state index in [4.69, 9.17) is 23.2 Å². The van der Waals surface area contributed by atoms with Gasteiger partial charge in [0.1, 0.15) is 6.54 Å². The standard InChI is InChI=1S/C18H16Cl2N2O4/c1-11(23)22(17-13(19)7-5-8-14(17)20)10-16(24)21-15-9-4-3-6-12(15)18(25)26-2/h3-9H,10H2,1-2H3,(H,21,24). The Hall–Kier alpha value is -2.57. The third-order valence-electron chi connectivity index (χ3n) is 3.50. The fourth-order valence-electron chi connectivity index (χ4n) is 2.31. The normalized spacial score (nSPS) is 10.2. The molecule has 0 aliphatic rings. The van der Waals surface area contributed by atoms with E-state index in [1.165, 1.54) is 25.0 Å². The first kappa shape index (κ1) is 19.8. The van der Waals surface area contributed by atoms with Gasteiger partial charge < -0.3 is 15.0 Å². The average Bonchev–Trinajstić information content (AvgIpc) is 2.60. The van der Waals surface area contributed by atoms with Gasteiger partial charge in [-0.2, -0.15) is 0 Å². The number of methoxy groups -OCH3 is 1. The summed E-state index contributed by atoms with van der Waals surface area (Å²) in [6.07, 6.45) is 0.